The number of hydrogen-bond acceptors (Lipinski definition) is 3. The second kappa shape index (κ2) is 4.95. The number of benzene rings is 2. The van der Waals surface area contributed by atoms with E-state index < -0.39 is 0 Å². The van der Waals surface area contributed by atoms with Gasteiger partial charge in [-0.05, 0) is 48.7 Å². The Bertz CT molecular complexity index is 656. The minimum atomic E-state index is -0.152. The predicted octanol–water partition coefficient (Wildman–Crippen LogP) is 3.44. The summed E-state index contributed by atoms with van der Waals surface area (Å²) in [5, 5.41) is 18.7. The van der Waals surface area contributed by atoms with E-state index in [1.807, 2.05) is 18.2 Å². The Labute approximate surface area is 111 Å². The van der Waals surface area contributed by atoms with Gasteiger partial charge in [0.2, 0.25) is 0 Å². The number of phenols is 1. The second-order valence-corrected chi connectivity index (χ2v) is 4.43. The monoisotopic (exact) mass is 251 g/mol. The molecule has 3 heteroatoms. The first-order valence-corrected chi connectivity index (χ1v) is 5.88. The van der Waals surface area contributed by atoms with Crippen molar-refractivity contribution in [1.29, 1.82) is 5.26 Å². The van der Waals surface area contributed by atoms with Crippen LogP contribution in [0.4, 0.5) is 0 Å². The van der Waals surface area contributed by atoms with Crippen LogP contribution in [0.5, 0.6) is 5.75 Å². The number of ketones is 1. The molecular weight excluding hydrogens is 238 g/mol. The second-order valence-electron chi connectivity index (χ2n) is 4.43. The molecule has 0 aliphatic carbocycles. The highest BCUT2D eigenvalue weighted by Crippen LogP contribution is 2.29. The van der Waals surface area contributed by atoms with Crippen LogP contribution in [0.15, 0.2) is 36.4 Å². The molecule has 0 fully saturated rings. The van der Waals surface area contributed by atoms with Crippen LogP contribution in [0.2, 0.25) is 0 Å². The lowest BCUT2D eigenvalue weighted by atomic mass is 9.96. The zero-order valence-corrected chi connectivity index (χ0v) is 10.8. The van der Waals surface area contributed by atoms with Gasteiger partial charge in [0, 0.05) is 0 Å². The third kappa shape index (κ3) is 2.48. The van der Waals surface area contributed by atoms with Crippen LogP contribution >= 0.6 is 0 Å². The molecule has 0 aliphatic heterocycles. The Morgan fingerprint density at radius 1 is 1.16 bits per heavy atom. The molecular formula is C16H13NO2. The molecule has 19 heavy (non-hydrogen) atoms. The van der Waals surface area contributed by atoms with E-state index in [2.05, 4.69) is 6.07 Å². The molecule has 0 spiro atoms. The van der Waals surface area contributed by atoms with Crippen LogP contribution in [0.3, 0.4) is 0 Å². The molecule has 2 aromatic carbocycles. The average molecular weight is 251 g/mol. The van der Waals surface area contributed by atoms with Gasteiger partial charge in [-0.3, -0.25) is 4.79 Å². The summed E-state index contributed by atoms with van der Waals surface area (Å²) < 4.78 is 0. The molecule has 0 aromatic heterocycles. The fourth-order valence-corrected chi connectivity index (χ4v) is 2.13. The lowest BCUT2D eigenvalue weighted by Gasteiger charge is -2.09. The highest BCUT2D eigenvalue weighted by atomic mass is 16.3. The highest BCUT2D eigenvalue weighted by molar-refractivity contribution is 5.99. The molecule has 2 aromatic rings. The minimum Gasteiger partial charge on any atom is -0.507 e. The van der Waals surface area contributed by atoms with Crippen molar-refractivity contribution < 1.29 is 9.90 Å². The Morgan fingerprint density at radius 3 is 2.26 bits per heavy atom. The maximum absolute atomic E-state index is 11.4. The van der Waals surface area contributed by atoms with Crippen molar-refractivity contribution in [3.05, 3.63) is 53.1 Å². The largest absolute Gasteiger partial charge is 0.507 e. The number of hydrogen-bond donors (Lipinski definition) is 1. The first-order chi connectivity index (χ1) is 9.02. The molecule has 0 bridgehead atoms. The van der Waals surface area contributed by atoms with Crippen LogP contribution in [-0.4, -0.2) is 10.9 Å². The van der Waals surface area contributed by atoms with Crippen molar-refractivity contribution in [2.75, 3.05) is 0 Å². The van der Waals surface area contributed by atoms with Crippen molar-refractivity contribution >= 4 is 5.78 Å². The number of rotatable bonds is 2. The molecule has 0 atom stereocenters. The Hall–Kier alpha value is -2.60. The number of carbonyl (C=O) groups is 1. The van der Waals surface area contributed by atoms with Gasteiger partial charge < -0.3 is 5.11 Å². The number of nitrogens with zero attached hydrogens (tertiary/aromatic N) is 1. The summed E-state index contributed by atoms with van der Waals surface area (Å²) in [6.07, 6.45) is 0. The summed E-state index contributed by atoms with van der Waals surface area (Å²) in [5.74, 6) is -0.159. The summed E-state index contributed by atoms with van der Waals surface area (Å²) in [7, 11) is 0. The number of aromatic hydroxyl groups is 1. The molecule has 0 saturated heterocycles. The first-order valence-electron chi connectivity index (χ1n) is 5.88. The quantitative estimate of drug-likeness (QED) is 0.831. The summed E-state index contributed by atoms with van der Waals surface area (Å²) >= 11 is 0. The fourth-order valence-electron chi connectivity index (χ4n) is 2.13. The normalized spacial score (nSPS) is 9.95. The molecule has 0 saturated carbocycles. The van der Waals surface area contributed by atoms with Crippen LogP contribution < -0.4 is 0 Å². The van der Waals surface area contributed by atoms with E-state index >= 15 is 0 Å². The van der Waals surface area contributed by atoms with Gasteiger partial charge in [0.05, 0.1) is 17.2 Å². The van der Waals surface area contributed by atoms with Crippen LogP contribution in [-0.2, 0) is 0 Å². The van der Waals surface area contributed by atoms with E-state index in [4.69, 9.17) is 5.26 Å². The predicted molar refractivity (Wildman–Crippen MR) is 73.0 cm³/mol. The summed E-state index contributed by atoms with van der Waals surface area (Å²) in [5.41, 5.74) is 3.41. The van der Waals surface area contributed by atoms with Crippen LogP contribution in [0, 0.1) is 18.3 Å². The van der Waals surface area contributed by atoms with Gasteiger partial charge in [0.25, 0.3) is 0 Å². The van der Waals surface area contributed by atoms with E-state index in [0.29, 0.717) is 11.1 Å². The summed E-state index contributed by atoms with van der Waals surface area (Å²) in [4.78, 5) is 11.4. The summed E-state index contributed by atoms with van der Waals surface area (Å²) in [6, 6.07) is 12.6. The topological polar surface area (TPSA) is 61.1 Å². The van der Waals surface area contributed by atoms with Crippen molar-refractivity contribution in [2.24, 2.45) is 0 Å². The van der Waals surface area contributed by atoms with E-state index in [9.17, 15) is 9.90 Å². The highest BCUT2D eigenvalue weighted by Gasteiger charge is 2.12. The number of Topliss-reactive ketones (excluding diaryl/α,β-unsaturated/α-hetero) is 1. The first kappa shape index (κ1) is 12.8. The zero-order valence-electron chi connectivity index (χ0n) is 10.8. The van der Waals surface area contributed by atoms with Crippen LogP contribution in [0.1, 0.15) is 28.4 Å². The standard InChI is InChI=1S/C16H13NO2/c1-10-7-14(8-15(19)16(10)11(2)18)13-5-3-12(9-17)4-6-13/h3-8,19H,1-2H3. The van der Waals surface area contributed by atoms with E-state index in [0.717, 1.165) is 16.7 Å². The van der Waals surface area contributed by atoms with Gasteiger partial charge in [0.15, 0.2) is 5.78 Å². The van der Waals surface area contributed by atoms with Gasteiger partial charge in [-0.25, -0.2) is 0 Å². The number of carbonyl (C=O) groups excluding carboxylic acids is 1. The summed E-state index contributed by atoms with van der Waals surface area (Å²) in [6.45, 7) is 3.23. The zero-order chi connectivity index (χ0) is 14.0. The molecule has 1 N–H and O–H groups in total. The number of nitriles is 1. The fraction of sp³-hybridized carbons (Fsp3) is 0.125. The molecule has 0 aliphatic rings. The maximum Gasteiger partial charge on any atom is 0.163 e. The third-order valence-electron chi connectivity index (χ3n) is 3.01. The van der Waals surface area contributed by atoms with Gasteiger partial charge >= 0.3 is 0 Å². The molecule has 0 heterocycles. The van der Waals surface area contributed by atoms with Gasteiger partial charge in [-0.15, -0.1) is 0 Å². The SMILES string of the molecule is CC(=O)c1c(C)cc(-c2ccc(C#N)cc2)cc1O. The van der Waals surface area contributed by atoms with Gasteiger partial charge in [-0.2, -0.15) is 5.26 Å². The number of phenolic OH excluding ortho intramolecular Hbond substituents is 1. The van der Waals surface area contributed by atoms with E-state index in [1.54, 1.807) is 25.1 Å². The van der Waals surface area contributed by atoms with E-state index in [1.165, 1.54) is 6.92 Å². The molecule has 0 amide bonds. The minimum absolute atomic E-state index is 0.00754. The molecule has 0 radical (unpaired) electrons. The average Bonchev–Trinajstić information content (AvgIpc) is 2.37. The molecule has 3 nitrogen and oxygen atoms in total. The smallest absolute Gasteiger partial charge is 0.163 e. The Balaban J connectivity index is 2.52. The van der Waals surface area contributed by atoms with Crippen molar-refractivity contribution in [2.45, 2.75) is 13.8 Å². The maximum atomic E-state index is 11.4. The molecule has 94 valence electrons. The third-order valence-corrected chi connectivity index (χ3v) is 3.01. The van der Waals surface area contributed by atoms with Gasteiger partial charge in [0.1, 0.15) is 5.75 Å². The Kier molecular flexibility index (Phi) is 3.35. The van der Waals surface area contributed by atoms with Crippen LogP contribution in [0.25, 0.3) is 11.1 Å². The van der Waals surface area contributed by atoms with Gasteiger partial charge in [-0.1, -0.05) is 18.2 Å². The number of aryl methyl sites for hydroxylation is 1. The molecule has 0 unspecified atom stereocenters. The van der Waals surface area contributed by atoms with Crippen molar-refractivity contribution in [1.82, 2.24) is 0 Å². The van der Waals surface area contributed by atoms with Crippen molar-refractivity contribution in [3.63, 3.8) is 0 Å². The lowest BCUT2D eigenvalue weighted by molar-refractivity contribution is 0.101. The van der Waals surface area contributed by atoms with E-state index in [-0.39, 0.29) is 11.5 Å². The lowest BCUT2D eigenvalue weighted by Crippen LogP contribution is -1.97. The molecule has 2 rings (SSSR count). The Morgan fingerprint density at radius 2 is 1.79 bits per heavy atom. The van der Waals surface area contributed by atoms with Crippen molar-refractivity contribution in [3.8, 4) is 22.9 Å².